The Labute approximate surface area is 264 Å². The normalized spacial score (nSPS) is 13.3. The molecule has 8 aromatic rings. The van der Waals surface area contributed by atoms with Crippen molar-refractivity contribution < 1.29 is 0 Å². The van der Waals surface area contributed by atoms with Gasteiger partial charge < -0.3 is 0 Å². The molecule has 0 unspecified atom stereocenters. The molecule has 0 radical (unpaired) electrons. The van der Waals surface area contributed by atoms with E-state index in [-0.39, 0.29) is 5.41 Å². The summed E-state index contributed by atoms with van der Waals surface area (Å²) in [5, 5.41) is 7.66. The van der Waals surface area contributed by atoms with Gasteiger partial charge in [0.1, 0.15) is 0 Å². The predicted octanol–water partition coefficient (Wildman–Crippen LogP) is 12.5. The van der Waals surface area contributed by atoms with E-state index >= 15 is 0 Å². The highest BCUT2D eigenvalue weighted by Crippen LogP contribution is 2.50. The first-order valence-electron chi connectivity index (χ1n) is 15.9. The van der Waals surface area contributed by atoms with Crippen LogP contribution in [0.3, 0.4) is 0 Å². The molecule has 0 aliphatic heterocycles. The van der Waals surface area contributed by atoms with E-state index in [0.717, 1.165) is 0 Å². The van der Waals surface area contributed by atoms with E-state index in [0.29, 0.717) is 0 Å². The van der Waals surface area contributed by atoms with E-state index in [1.165, 1.54) is 88.0 Å². The summed E-state index contributed by atoms with van der Waals surface area (Å²) in [6, 6.07) is 58.4. The SMILES string of the molecule is CC1(C)c2ccccc2-c2ccc(-c3ccc(-c4c5ccccc5c(-c5ccc6ccccc6c5)c5ccccc45)cc3)cc21. The molecule has 45 heavy (non-hydrogen) atoms. The van der Waals surface area contributed by atoms with E-state index in [4.69, 9.17) is 0 Å². The number of benzene rings is 8. The third-order valence-electron chi connectivity index (χ3n) is 10.1. The predicted molar refractivity (Wildman–Crippen MR) is 193 cm³/mol. The number of fused-ring (bicyclic) bond motifs is 6. The maximum atomic E-state index is 2.41. The van der Waals surface area contributed by atoms with Crippen molar-refractivity contribution in [1.29, 1.82) is 0 Å². The van der Waals surface area contributed by atoms with Crippen LogP contribution in [0.15, 0.2) is 158 Å². The molecule has 0 amide bonds. The fourth-order valence-electron chi connectivity index (χ4n) is 7.81. The lowest BCUT2D eigenvalue weighted by Crippen LogP contribution is -2.14. The fraction of sp³-hybridized carbons (Fsp3) is 0.0667. The van der Waals surface area contributed by atoms with Gasteiger partial charge >= 0.3 is 0 Å². The molecule has 0 saturated carbocycles. The first-order chi connectivity index (χ1) is 22.1. The first-order valence-corrected chi connectivity index (χ1v) is 15.9. The van der Waals surface area contributed by atoms with E-state index in [1.54, 1.807) is 0 Å². The smallest absolute Gasteiger partial charge is 0.0159 e. The van der Waals surface area contributed by atoms with Crippen LogP contribution in [0.25, 0.3) is 76.8 Å². The van der Waals surface area contributed by atoms with Crippen molar-refractivity contribution in [2.75, 3.05) is 0 Å². The Bertz CT molecular complexity index is 2380. The largest absolute Gasteiger partial charge is 0.0619 e. The minimum atomic E-state index is -0.00745. The summed E-state index contributed by atoms with van der Waals surface area (Å²) in [6.07, 6.45) is 0. The van der Waals surface area contributed by atoms with Gasteiger partial charge in [0, 0.05) is 5.41 Å². The van der Waals surface area contributed by atoms with Crippen molar-refractivity contribution in [1.82, 2.24) is 0 Å². The van der Waals surface area contributed by atoms with Crippen LogP contribution in [0, 0.1) is 0 Å². The summed E-state index contributed by atoms with van der Waals surface area (Å²) in [6.45, 7) is 4.70. The van der Waals surface area contributed by atoms with Gasteiger partial charge in [0.05, 0.1) is 0 Å². The van der Waals surface area contributed by atoms with Crippen molar-refractivity contribution in [3.63, 3.8) is 0 Å². The van der Waals surface area contributed by atoms with Crippen LogP contribution < -0.4 is 0 Å². The Morgan fingerprint density at radius 3 is 1.51 bits per heavy atom. The quantitative estimate of drug-likeness (QED) is 0.185. The maximum Gasteiger partial charge on any atom is 0.0159 e. The molecule has 0 heterocycles. The molecule has 0 saturated heterocycles. The summed E-state index contributed by atoms with van der Waals surface area (Å²) >= 11 is 0. The Hall–Kier alpha value is -5.46. The highest BCUT2D eigenvalue weighted by molar-refractivity contribution is 6.21. The molecule has 0 aromatic heterocycles. The summed E-state index contributed by atoms with van der Waals surface area (Å²) in [5.74, 6) is 0. The molecule has 0 atom stereocenters. The van der Waals surface area contributed by atoms with Crippen molar-refractivity contribution in [3.05, 3.63) is 169 Å². The number of hydrogen-bond donors (Lipinski definition) is 0. The van der Waals surface area contributed by atoms with Crippen molar-refractivity contribution in [2.45, 2.75) is 19.3 Å². The van der Waals surface area contributed by atoms with Crippen LogP contribution in [-0.2, 0) is 5.41 Å². The lowest BCUT2D eigenvalue weighted by molar-refractivity contribution is 0.660. The Morgan fingerprint density at radius 2 is 0.822 bits per heavy atom. The van der Waals surface area contributed by atoms with Gasteiger partial charge in [0.15, 0.2) is 0 Å². The van der Waals surface area contributed by atoms with Gasteiger partial charge in [-0.05, 0) is 100 Å². The lowest BCUT2D eigenvalue weighted by Gasteiger charge is -2.22. The first kappa shape index (κ1) is 26.0. The van der Waals surface area contributed by atoms with Gasteiger partial charge in [-0.15, -0.1) is 0 Å². The zero-order chi connectivity index (χ0) is 30.1. The highest BCUT2D eigenvalue weighted by atomic mass is 14.4. The van der Waals surface area contributed by atoms with Crippen molar-refractivity contribution >= 4 is 32.3 Å². The third kappa shape index (κ3) is 3.92. The molecule has 0 fully saturated rings. The van der Waals surface area contributed by atoms with E-state index in [9.17, 15) is 0 Å². The Balaban J connectivity index is 1.19. The minimum absolute atomic E-state index is 0.00745. The van der Waals surface area contributed by atoms with Crippen LogP contribution >= 0.6 is 0 Å². The monoisotopic (exact) mass is 572 g/mol. The van der Waals surface area contributed by atoms with Crippen LogP contribution in [0.5, 0.6) is 0 Å². The topological polar surface area (TPSA) is 0 Å². The second-order valence-electron chi connectivity index (χ2n) is 12.9. The molecule has 0 N–H and O–H groups in total. The van der Waals surface area contributed by atoms with Gasteiger partial charge in [-0.25, -0.2) is 0 Å². The van der Waals surface area contributed by atoms with Gasteiger partial charge in [0.25, 0.3) is 0 Å². The average Bonchev–Trinajstić information content (AvgIpc) is 3.32. The van der Waals surface area contributed by atoms with Gasteiger partial charge in [0.2, 0.25) is 0 Å². The zero-order valence-electron chi connectivity index (χ0n) is 25.5. The second kappa shape index (κ2) is 9.78. The highest BCUT2D eigenvalue weighted by Gasteiger charge is 2.35. The molecule has 0 bridgehead atoms. The molecule has 212 valence electrons. The summed E-state index contributed by atoms with van der Waals surface area (Å²) < 4.78 is 0. The molecular formula is C45H32. The van der Waals surface area contributed by atoms with Crippen LogP contribution in [0.4, 0.5) is 0 Å². The standard InChI is InChI=1S/C45H32/c1-45(2)41-18-10-9-13-35(41)36-26-25-33(28-42(36)45)30-19-22-31(23-20-30)43-37-14-5-7-16-39(37)44(40-17-8-6-15-38(40)43)34-24-21-29-11-3-4-12-32(29)27-34/h3-28H,1-2H3. The Morgan fingerprint density at radius 1 is 0.333 bits per heavy atom. The Kier molecular flexibility index (Phi) is 5.64. The molecule has 0 nitrogen and oxygen atoms in total. The summed E-state index contributed by atoms with van der Waals surface area (Å²) in [4.78, 5) is 0. The second-order valence-corrected chi connectivity index (χ2v) is 12.9. The molecule has 9 rings (SSSR count). The number of rotatable bonds is 3. The van der Waals surface area contributed by atoms with Gasteiger partial charge in [-0.2, -0.15) is 0 Å². The van der Waals surface area contributed by atoms with E-state index in [1.807, 2.05) is 0 Å². The van der Waals surface area contributed by atoms with Crippen LogP contribution in [0.2, 0.25) is 0 Å². The van der Waals surface area contributed by atoms with E-state index in [2.05, 4.69) is 172 Å². The van der Waals surface area contributed by atoms with Gasteiger partial charge in [-0.1, -0.05) is 159 Å². The average molecular weight is 573 g/mol. The molecule has 1 aliphatic rings. The number of hydrogen-bond acceptors (Lipinski definition) is 0. The molecule has 0 heteroatoms. The van der Waals surface area contributed by atoms with Crippen molar-refractivity contribution in [3.8, 4) is 44.5 Å². The maximum absolute atomic E-state index is 2.41. The zero-order valence-corrected chi connectivity index (χ0v) is 25.5. The summed E-state index contributed by atoms with van der Waals surface area (Å²) in [7, 11) is 0. The lowest BCUT2D eigenvalue weighted by atomic mass is 9.81. The summed E-state index contributed by atoms with van der Waals surface area (Å²) in [5.41, 5.74) is 13.1. The van der Waals surface area contributed by atoms with Gasteiger partial charge in [-0.3, -0.25) is 0 Å². The van der Waals surface area contributed by atoms with E-state index < -0.39 is 0 Å². The fourth-order valence-corrected chi connectivity index (χ4v) is 7.81. The third-order valence-corrected chi connectivity index (χ3v) is 10.1. The van der Waals surface area contributed by atoms with Crippen LogP contribution in [0.1, 0.15) is 25.0 Å². The molecule has 8 aromatic carbocycles. The van der Waals surface area contributed by atoms with Crippen molar-refractivity contribution in [2.24, 2.45) is 0 Å². The molecule has 1 aliphatic carbocycles. The molecule has 0 spiro atoms. The minimum Gasteiger partial charge on any atom is -0.0619 e. The molecular weight excluding hydrogens is 540 g/mol. The van der Waals surface area contributed by atoms with Crippen LogP contribution in [-0.4, -0.2) is 0 Å².